The fourth-order valence-electron chi connectivity index (χ4n) is 0. The van der Waals surface area contributed by atoms with Crippen molar-refractivity contribution in [3.8, 4) is 0 Å². The zero-order valence-corrected chi connectivity index (χ0v) is 6.22. The minimum atomic E-state index is -0.833. The Morgan fingerprint density at radius 3 is 1.57 bits per heavy atom. The number of rotatable bonds is 0. The third-order valence-corrected chi connectivity index (χ3v) is 0. The molecule has 0 atom stereocenters. The topological polar surface area (TPSA) is 85.9 Å². The van der Waals surface area contributed by atoms with Crippen molar-refractivity contribution in [1.82, 2.24) is 0 Å². The molecule has 0 aromatic rings. The molecule has 0 bridgehead atoms. The molecule has 0 heterocycles. The number of carbonyl (C=O) groups is 1. The third kappa shape index (κ3) is 8080. The fraction of sp³-hybridized carbons (Fsp3) is 0.500. The summed E-state index contributed by atoms with van der Waals surface area (Å²) in [6, 6.07) is 0. The van der Waals surface area contributed by atoms with Crippen LogP contribution in [0.25, 0.3) is 0 Å². The number of carboxylic acid groups (broad SMARTS) is 1. The van der Waals surface area contributed by atoms with Gasteiger partial charge in [-0.05, 0) is 0 Å². The summed E-state index contributed by atoms with van der Waals surface area (Å²) in [5.41, 5.74) is 0. The van der Waals surface area contributed by atoms with E-state index < -0.39 is 5.97 Å². The van der Waals surface area contributed by atoms with Crippen molar-refractivity contribution < 1.29 is 42.9 Å². The van der Waals surface area contributed by atoms with Gasteiger partial charge in [0.2, 0.25) is 0 Å². The van der Waals surface area contributed by atoms with Crippen LogP contribution in [0, 0.1) is 0 Å². The van der Waals surface area contributed by atoms with Gasteiger partial charge in [0.25, 0.3) is 5.97 Å². The van der Waals surface area contributed by atoms with Gasteiger partial charge in [-0.2, -0.15) is 0 Å². The van der Waals surface area contributed by atoms with Crippen molar-refractivity contribution in [3.05, 3.63) is 0 Å². The van der Waals surface area contributed by atoms with Gasteiger partial charge in [0.1, 0.15) is 0 Å². The van der Waals surface area contributed by atoms with Crippen molar-refractivity contribution in [1.29, 1.82) is 0 Å². The summed E-state index contributed by atoms with van der Waals surface area (Å²) in [7, 11) is 0. The van der Waals surface area contributed by atoms with E-state index in [9.17, 15) is 0 Å². The van der Waals surface area contributed by atoms with Gasteiger partial charge < -0.3 is 10.6 Å². The van der Waals surface area contributed by atoms with E-state index in [0.717, 1.165) is 6.92 Å². The first-order valence-corrected chi connectivity index (χ1v) is 2.14. The quantitative estimate of drug-likeness (QED) is 0.533. The number of hydrogen-bond acceptors (Lipinski definition) is 2. The zero-order chi connectivity index (χ0) is 5.58. The summed E-state index contributed by atoms with van der Waals surface area (Å²) < 4.78 is 8.34. The van der Waals surface area contributed by atoms with E-state index in [-0.39, 0.29) is 5.48 Å². The van der Waals surface area contributed by atoms with Crippen LogP contribution in [0.2, 0.25) is 0 Å². The van der Waals surface area contributed by atoms with Crippen LogP contribution in [0.5, 0.6) is 0 Å². The molecule has 0 saturated carbocycles. The fourth-order valence-corrected chi connectivity index (χ4v) is 0. The first-order valence-electron chi connectivity index (χ1n) is 1.13. The number of hydrogen-bond donors (Lipinski definition) is 1. The molecule has 0 aromatic heterocycles. The Morgan fingerprint density at radius 2 is 1.57 bits per heavy atom. The van der Waals surface area contributed by atoms with Crippen molar-refractivity contribution in [2.24, 2.45) is 0 Å². The van der Waals surface area contributed by atoms with Crippen molar-refractivity contribution in [2.75, 3.05) is 0 Å². The van der Waals surface area contributed by atoms with Gasteiger partial charge in [-0.25, -0.2) is 0 Å². The molecule has 0 aliphatic rings. The van der Waals surface area contributed by atoms with Gasteiger partial charge in [0.15, 0.2) is 0 Å². The average Bonchev–Trinajstić information content (AvgIpc) is 1.41. The van der Waals surface area contributed by atoms with Crippen LogP contribution < -0.4 is 0 Å². The maximum absolute atomic E-state index is 9.00. The Kier molecular flexibility index (Phi) is 37.0. The van der Waals surface area contributed by atoms with Crippen LogP contribution in [0.1, 0.15) is 6.92 Å². The first kappa shape index (κ1) is 15.7. The summed E-state index contributed by atoms with van der Waals surface area (Å²) in [6.07, 6.45) is 0. The molecule has 0 unspecified atom stereocenters. The van der Waals surface area contributed by atoms with E-state index in [1.54, 1.807) is 0 Å². The molecule has 4 nitrogen and oxygen atoms in total. The standard InChI is InChI=1S/C2H4O2.H2O.O.Zr/c1-2(3)4;;;/h1H3,(H,3,4);1H2;;. The Balaban J connectivity index is -0.0000000480. The minimum absolute atomic E-state index is 0. The van der Waals surface area contributed by atoms with E-state index in [1.165, 1.54) is 0 Å². The van der Waals surface area contributed by atoms with E-state index in [4.69, 9.17) is 12.7 Å². The molecule has 3 N–H and O–H groups in total. The molecule has 42 valence electrons. The SMILES string of the molecule is CC(=O)O.O.[O]=[Zr]. The van der Waals surface area contributed by atoms with Gasteiger partial charge in [-0.3, -0.25) is 4.79 Å². The van der Waals surface area contributed by atoms with Gasteiger partial charge >= 0.3 is 27.5 Å². The molecular weight excluding hydrogens is 179 g/mol. The second kappa shape index (κ2) is 16.5. The first-order chi connectivity index (χ1) is 2.73. The molecule has 5 heteroatoms. The molecule has 0 saturated heterocycles. The Bertz CT molecular complexity index is 41.0. The van der Waals surface area contributed by atoms with Crippen molar-refractivity contribution in [3.63, 3.8) is 0 Å². The molecule has 0 spiro atoms. The van der Waals surface area contributed by atoms with E-state index in [1.807, 2.05) is 0 Å². The Hall–Kier alpha value is 0.113. The summed E-state index contributed by atoms with van der Waals surface area (Å²) in [5.74, 6) is -0.833. The van der Waals surface area contributed by atoms with Crippen molar-refractivity contribution in [2.45, 2.75) is 6.92 Å². The maximum atomic E-state index is 9.00. The molecule has 0 radical (unpaired) electrons. The van der Waals surface area contributed by atoms with E-state index in [0.29, 0.717) is 24.7 Å². The Labute approximate surface area is 56.1 Å². The Morgan fingerprint density at radius 1 is 1.57 bits per heavy atom. The molecule has 7 heavy (non-hydrogen) atoms. The molecule has 0 aliphatic heterocycles. The van der Waals surface area contributed by atoms with Gasteiger partial charge in [0.05, 0.1) is 0 Å². The second-order valence-electron chi connectivity index (χ2n) is 0.519. The summed E-state index contributed by atoms with van der Waals surface area (Å²) in [6.45, 7) is 1.08. The van der Waals surface area contributed by atoms with Gasteiger partial charge in [-0.1, -0.05) is 0 Å². The summed E-state index contributed by atoms with van der Waals surface area (Å²) in [5, 5.41) is 7.42. The monoisotopic (exact) mass is 184 g/mol. The van der Waals surface area contributed by atoms with Crippen molar-refractivity contribution >= 4 is 5.97 Å². The van der Waals surface area contributed by atoms with Crippen LogP contribution in [-0.4, -0.2) is 16.6 Å². The third-order valence-electron chi connectivity index (χ3n) is 0. The molecule has 0 rings (SSSR count). The van der Waals surface area contributed by atoms with Gasteiger partial charge in [0, 0.05) is 6.92 Å². The molecule has 0 amide bonds. The van der Waals surface area contributed by atoms with E-state index >= 15 is 0 Å². The molecular formula is C2H6O4Zr. The van der Waals surface area contributed by atoms with Gasteiger partial charge in [-0.15, -0.1) is 0 Å². The normalized spacial score (nSPS) is 4.00. The van der Waals surface area contributed by atoms with Crippen LogP contribution >= 0.6 is 0 Å². The second-order valence-corrected chi connectivity index (χ2v) is 0.519. The molecule has 0 aromatic carbocycles. The zero-order valence-electron chi connectivity index (χ0n) is 3.76. The predicted molar refractivity (Wildman–Crippen MR) is 17.6 cm³/mol. The van der Waals surface area contributed by atoms with Crippen LogP contribution in [0.15, 0.2) is 0 Å². The summed E-state index contributed by atoms with van der Waals surface area (Å²) in [4.78, 5) is 9.00. The predicted octanol–water partition coefficient (Wildman–Crippen LogP) is -0.855. The van der Waals surface area contributed by atoms with Crippen LogP contribution in [0.4, 0.5) is 0 Å². The number of carboxylic acids is 1. The molecule has 0 aliphatic carbocycles. The average molecular weight is 185 g/mol. The number of aliphatic carboxylic acids is 1. The van der Waals surface area contributed by atoms with E-state index in [2.05, 4.69) is 0 Å². The summed E-state index contributed by atoms with van der Waals surface area (Å²) >= 11 is 0.300. The van der Waals surface area contributed by atoms with Crippen LogP contribution in [-0.2, 0) is 32.3 Å². The van der Waals surface area contributed by atoms with Crippen LogP contribution in [0.3, 0.4) is 0 Å². The molecule has 0 fully saturated rings.